The molecular weight excluding hydrogens is 192 g/mol. The Kier molecular flexibility index (Phi) is 2.35. The standard InChI is InChI=1S/C9H9F2NO2/c1-13-12-7-4-14-9-5(7)2-3-6(10)8(9)11/h2-3,7,12H,4H2,1H3. The van der Waals surface area contributed by atoms with Crippen LogP contribution in [0.2, 0.25) is 0 Å². The Labute approximate surface area is 79.6 Å². The number of hydroxylamine groups is 1. The highest BCUT2D eigenvalue weighted by molar-refractivity contribution is 5.41. The molecule has 0 aliphatic carbocycles. The first-order valence-corrected chi connectivity index (χ1v) is 4.13. The van der Waals surface area contributed by atoms with Crippen molar-refractivity contribution in [3.05, 3.63) is 29.3 Å². The van der Waals surface area contributed by atoms with Gasteiger partial charge in [0.1, 0.15) is 6.61 Å². The zero-order valence-electron chi connectivity index (χ0n) is 7.51. The van der Waals surface area contributed by atoms with Gasteiger partial charge in [-0.25, -0.2) is 4.39 Å². The highest BCUT2D eigenvalue weighted by Gasteiger charge is 2.28. The molecule has 0 fully saturated rings. The summed E-state index contributed by atoms with van der Waals surface area (Å²) >= 11 is 0. The van der Waals surface area contributed by atoms with Crippen LogP contribution in [0.1, 0.15) is 11.6 Å². The van der Waals surface area contributed by atoms with Gasteiger partial charge in [0.2, 0.25) is 5.82 Å². The van der Waals surface area contributed by atoms with Crippen molar-refractivity contribution in [3.63, 3.8) is 0 Å². The fourth-order valence-corrected chi connectivity index (χ4v) is 1.46. The van der Waals surface area contributed by atoms with Gasteiger partial charge in [-0.1, -0.05) is 6.07 Å². The Morgan fingerprint density at radius 2 is 2.29 bits per heavy atom. The largest absolute Gasteiger partial charge is 0.488 e. The molecule has 0 saturated carbocycles. The van der Waals surface area contributed by atoms with E-state index in [9.17, 15) is 8.78 Å². The predicted molar refractivity (Wildman–Crippen MR) is 44.7 cm³/mol. The van der Waals surface area contributed by atoms with E-state index in [-0.39, 0.29) is 18.4 Å². The minimum atomic E-state index is -0.942. The van der Waals surface area contributed by atoms with Crippen LogP contribution in [-0.2, 0) is 4.84 Å². The van der Waals surface area contributed by atoms with E-state index in [4.69, 9.17) is 9.57 Å². The molecule has 0 aromatic heterocycles. The molecule has 1 heterocycles. The molecule has 0 spiro atoms. The summed E-state index contributed by atoms with van der Waals surface area (Å²) in [5.41, 5.74) is 3.21. The zero-order valence-corrected chi connectivity index (χ0v) is 7.51. The number of hydrogen-bond donors (Lipinski definition) is 1. The summed E-state index contributed by atoms with van der Waals surface area (Å²) < 4.78 is 30.9. The SMILES string of the molecule is CONC1COc2c1ccc(F)c2F. The van der Waals surface area contributed by atoms with Crippen molar-refractivity contribution >= 4 is 0 Å². The maximum atomic E-state index is 13.1. The van der Waals surface area contributed by atoms with Gasteiger partial charge in [0.25, 0.3) is 0 Å². The topological polar surface area (TPSA) is 30.5 Å². The maximum absolute atomic E-state index is 13.1. The minimum Gasteiger partial charge on any atom is -0.488 e. The number of hydrogen-bond acceptors (Lipinski definition) is 3. The van der Waals surface area contributed by atoms with E-state index in [0.717, 1.165) is 6.07 Å². The van der Waals surface area contributed by atoms with Crippen molar-refractivity contribution in [1.29, 1.82) is 0 Å². The molecule has 3 nitrogen and oxygen atoms in total. The lowest BCUT2D eigenvalue weighted by Crippen LogP contribution is -2.20. The Morgan fingerprint density at radius 1 is 1.50 bits per heavy atom. The molecule has 1 N–H and O–H groups in total. The summed E-state index contributed by atoms with van der Waals surface area (Å²) in [4.78, 5) is 4.71. The number of ether oxygens (including phenoxy) is 1. The second-order valence-corrected chi connectivity index (χ2v) is 2.97. The van der Waals surface area contributed by atoms with Gasteiger partial charge in [-0.05, 0) is 6.07 Å². The summed E-state index contributed by atoms with van der Waals surface area (Å²) in [5, 5.41) is 0. The molecule has 76 valence electrons. The minimum absolute atomic E-state index is 0.0282. The fourth-order valence-electron chi connectivity index (χ4n) is 1.46. The summed E-state index contributed by atoms with van der Waals surface area (Å²) in [7, 11) is 1.46. The van der Waals surface area contributed by atoms with Crippen LogP contribution >= 0.6 is 0 Å². The molecule has 5 heteroatoms. The third-order valence-corrected chi connectivity index (χ3v) is 2.11. The molecular formula is C9H9F2NO2. The lowest BCUT2D eigenvalue weighted by Gasteiger charge is -2.08. The fraction of sp³-hybridized carbons (Fsp3) is 0.333. The van der Waals surface area contributed by atoms with Crippen LogP contribution in [0.25, 0.3) is 0 Å². The van der Waals surface area contributed by atoms with E-state index >= 15 is 0 Å². The van der Waals surface area contributed by atoms with Gasteiger partial charge < -0.3 is 9.57 Å². The van der Waals surface area contributed by atoms with Gasteiger partial charge >= 0.3 is 0 Å². The quantitative estimate of drug-likeness (QED) is 0.736. The monoisotopic (exact) mass is 201 g/mol. The van der Waals surface area contributed by atoms with E-state index in [2.05, 4.69) is 5.48 Å². The average molecular weight is 201 g/mol. The van der Waals surface area contributed by atoms with E-state index in [1.54, 1.807) is 0 Å². The average Bonchev–Trinajstić information content (AvgIpc) is 2.57. The predicted octanol–water partition coefficient (Wildman–Crippen LogP) is 1.55. The van der Waals surface area contributed by atoms with Gasteiger partial charge in [0.15, 0.2) is 11.6 Å². The normalized spacial score (nSPS) is 19.2. The maximum Gasteiger partial charge on any atom is 0.200 e. The van der Waals surface area contributed by atoms with Gasteiger partial charge in [-0.3, -0.25) is 0 Å². The van der Waals surface area contributed by atoms with Crippen LogP contribution in [0.4, 0.5) is 8.78 Å². The molecule has 0 saturated heterocycles. The molecule has 1 aromatic carbocycles. The zero-order chi connectivity index (χ0) is 10.1. The van der Waals surface area contributed by atoms with Crippen LogP contribution in [-0.4, -0.2) is 13.7 Å². The van der Waals surface area contributed by atoms with Crippen LogP contribution in [0.5, 0.6) is 5.75 Å². The molecule has 1 aliphatic heterocycles. The van der Waals surface area contributed by atoms with Gasteiger partial charge in [-0.15, -0.1) is 0 Å². The second-order valence-electron chi connectivity index (χ2n) is 2.97. The van der Waals surface area contributed by atoms with Crippen LogP contribution in [0.15, 0.2) is 12.1 Å². The number of fused-ring (bicyclic) bond motifs is 1. The van der Waals surface area contributed by atoms with Crippen molar-refractivity contribution in [2.45, 2.75) is 6.04 Å². The smallest absolute Gasteiger partial charge is 0.200 e. The van der Waals surface area contributed by atoms with Gasteiger partial charge in [0.05, 0.1) is 13.2 Å². The van der Waals surface area contributed by atoms with Gasteiger partial charge in [-0.2, -0.15) is 9.87 Å². The molecule has 1 aromatic rings. The highest BCUT2D eigenvalue weighted by atomic mass is 19.2. The third kappa shape index (κ3) is 1.34. The first-order chi connectivity index (χ1) is 6.74. The Balaban J connectivity index is 2.37. The van der Waals surface area contributed by atoms with Crippen LogP contribution < -0.4 is 10.2 Å². The lowest BCUT2D eigenvalue weighted by molar-refractivity contribution is 0.0534. The molecule has 0 amide bonds. The second kappa shape index (κ2) is 3.51. The summed E-state index contributed by atoms with van der Waals surface area (Å²) in [5.74, 6) is -1.87. The van der Waals surface area contributed by atoms with Crippen molar-refractivity contribution in [2.24, 2.45) is 0 Å². The molecule has 1 unspecified atom stereocenters. The third-order valence-electron chi connectivity index (χ3n) is 2.11. The lowest BCUT2D eigenvalue weighted by atomic mass is 10.1. The molecule has 0 radical (unpaired) electrons. The first kappa shape index (κ1) is 9.36. The van der Waals surface area contributed by atoms with Gasteiger partial charge in [0, 0.05) is 5.56 Å². The van der Waals surface area contributed by atoms with Crippen molar-refractivity contribution in [1.82, 2.24) is 5.48 Å². The first-order valence-electron chi connectivity index (χ1n) is 4.13. The summed E-state index contributed by atoms with van der Waals surface area (Å²) in [6.07, 6.45) is 0. The highest BCUT2D eigenvalue weighted by Crippen LogP contribution is 2.35. The number of rotatable bonds is 2. The van der Waals surface area contributed by atoms with Crippen molar-refractivity contribution in [3.8, 4) is 5.75 Å². The van der Waals surface area contributed by atoms with Crippen molar-refractivity contribution in [2.75, 3.05) is 13.7 Å². The van der Waals surface area contributed by atoms with E-state index < -0.39 is 11.6 Å². The molecule has 2 rings (SSSR count). The molecule has 0 bridgehead atoms. The number of nitrogens with one attached hydrogen (secondary N) is 1. The van der Waals surface area contributed by atoms with Crippen LogP contribution in [0, 0.1) is 11.6 Å². The number of benzene rings is 1. The van der Waals surface area contributed by atoms with Crippen molar-refractivity contribution < 1.29 is 18.4 Å². The Morgan fingerprint density at radius 3 is 3.00 bits per heavy atom. The van der Waals surface area contributed by atoms with E-state index in [1.165, 1.54) is 13.2 Å². The Bertz CT molecular complexity index is 357. The molecule has 1 atom stereocenters. The Hall–Kier alpha value is -1.20. The summed E-state index contributed by atoms with van der Waals surface area (Å²) in [6.45, 7) is 0.240. The summed E-state index contributed by atoms with van der Waals surface area (Å²) in [6, 6.07) is 2.31. The van der Waals surface area contributed by atoms with E-state index in [1.807, 2.05) is 0 Å². The molecule has 1 aliphatic rings. The van der Waals surface area contributed by atoms with Crippen LogP contribution in [0.3, 0.4) is 0 Å². The molecule has 14 heavy (non-hydrogen) atoms. The van der Waals surface area contributed by atoms with E-state index in [0.29, 0.717) is 5.56 Å². The number of halogens is 2.